The monoisotopic (exact) mass is 307 g/mol. The maximum Gasteiger partial charge on any atom is 0.127 e. The molecule has 0 spiro atoms. The highest BCUT2D eigenvalue weighted by Gasteiger charge is 2.17. The minimum absolute atomic E-state index is 0.742. The summed E-state index contributed by atoms with van der Waals surface area (Å²) in [5.74, 6) is 0.998. The van der Waals surface area contributed by atoms with Gasteiger partial charge in [0.05, 0.1) is 6.61 Å². The van der Waals surface area contributed by atoms with Crippen LogP contribution in [0.3, 0.4) is 0 Å². The van der Waals surface area contributed by atoms with E-state index in [4.69, 9.17) is 27.9 Å². The molecule has 104 valence electrons. The van der Waals surface area contributed by atoms with Crippen LogP contribution in [-0.2, 0) is 19.5 Å². The molecule has 0 saturated carbocycles. The molecule has 0 saturated heterocycles. The van der Waals surface area contributed by atoms with Crippen LogP contribution in [0.15, 0.2) is 36.4 Å². The number of hydrogen-bond acceptors (Lipinski definition) is 2. The van der Waals surface area contributed by atoms with Gasteiger partial charge in [-0.2, -0.15) is 0 Å². The minimum Gasteiger partial charge on any atom is -0.493 e. The molecule has 2 aromatic carbocycles. The van der Waals surface area contributed by atoms with E-state index in [2.05, 4.69) is 5.32 Å². The van der Waals surface area contributed by atoms with Crippen molar-refractivity contribution in [1.82, 2.24) is 5.32 Å². The minimum atomic E-state index is 0.742. The highest BCUT2D eigenvalue weighted by Crippen LogP contribution is 2.32. The van der Waals surface area contributed by atoms with Gasteiger partial charge in [0, 0.05) is 35.1 Å². The van der Waals surface area contributed by atoms with Crippen LogP contribution in [0, 0.1) is 0 Å². The van der Waals surface area contributed by atoms with E-state index in [1.807, 2.05) is 36.4 Å². The van der Waals surface area contributed by atoms with Gasteiger partial charge in [0.25, 0.3) is 0 Å². The zero-order chi connectivity index (χ0) is 13.9. The molecule has 1 aliphatic heterocycles. The van der Waals surface area contributed by atoms with E-state index >= 15 is 0 Å². The van der Waals surface area contributed by atoms with Crippen LogP contribution in [-0.4, -0.2) is 6.61 Å². The van der Waals surface area contributed by atoms with Gasteiger partial charge < -0.3 is 10.1 Å². The number of nitrogens with one attached hydrogen (secondary N) is 1. The molecule has 2 nitrogen and oxygen atoms in total. The zero-order valence-electron chi connectivity index (χ0n) is 11.0. The van der Waals surface area contributed by atoms with Crippen LogP contribution in [0.25, 0.3) is 0 Å². The molecule has 0 atom stereocenters. The topological polar surface area (TPSA) is 21.3 Å². The molecule has 1 N–H and O–H groups in total. The highest BCUT2D eigenvalue weighted by molar-refractivity contribution is 6.31. The molecular formula is C16H15Cl2NO. The Labute approximate surface area is 128 Å². The number of halogens is 2. The fourth-order valence-electron chi connectivity index (χ4n) is 2.42. The third-order valence-corrected chi connectivity index (χ3v) is 3.85. The van der Waals surface area contributed by atoms with Gasteiger partial charge in [0.2, 0.25) is 0 Å². The molecule has 1 aliphatic rings. The molecule has 0 unspecified atom stereocenters. The van der Waals surface area contributed by atoms with Crippen molar-refractivity contribution in [2.24, 2.45) is 0 Å². The van der Waals surface area contributed by atoms with Crippen molar-refractivity contribution < 1.29 is 4.74 Å². The van der Waals surface area contributed by atoms with Gasteiger partial charge in [-0.15, -0.1) is 0 Å². The lowest BCUT2D eigenvalue weighted by molar-refractivity contribution is 0.352. The third kappa shape index (κ3) is 3.09. The average molecular weight is 308 g/mol. The maximum atomic E-state index is 6.14. The van der Waals surface area contributed by atoms with E-state index < -0.39 is 0 Å². The van der Waals surface area contributed by atoms with Crippen molar-refractivity contribution in [1.29, 1.82) is 0 Å². The molecule has 1 heterocycles. The van der Waals surface area contributed by atoms with Gasteiger partial charge >= 0.3 is 0 Å². The summed E-state index contributed by atoms with van der Waals surface area (Å²) in [7, 11) is 0. The summed E-state index contributed by atoms with van der Waals surface area (Å²) in [5.41, 5.74) is 3.54. The largest absolute Gasteiger partial charge is 0.493 e. The Hall–Kier alpha value is -1.22. The predicted octanol–water partition coefficient (Wildman–Crippen LogP) is 4.22. The van der Waals surface area contributed by atoms with E-state index in [1.54, 1.807) is 0 Å². The molecular weight excluding hydrogens is 293 g/mol. The van der Waals surface area contributed by atoms with E-state index in [9.17, 15) is 0 Å². The Morgan fingerprint density at radius 3 is 2.60 bits per heavy atom. The van der Waals surface area contributed by atoms with Gasteiger partial charge in [0.15, 0.2) is 0 Å². The van der Waals surface area contributed by atoms with Gasteiger partial charge in [-0.1, -0.05) is 35.3 Å². The van der Waals surface area contributed by atoms with E-state index in [-0.39, 0.29) is 0 Å². The van der Waals surface area contributed by atoms with Gasteiger partial charge in [0.1, 0.15) is 5.75 Å². The van der Waals surface area contributed by atoms with Crippen LogP contribution in [0.5, 0.6) is 5.75 Å². The lowest BCUT2D eigenvalue weighted by atomic mass is 10.1. The Kier molecular flexibility index (Phi) is 4.16. The fraction of sp³-hybridized carbons (Fsp3) is 0.250. The van der Waals surface area contributed by atoms with Crippen LogP contribution >= 0.6 is 23.2 Å². The van der Waals surface area contributed by atoms with Crippen molar-refractivity contribution in [3.63, 3.8) is 0 Å². The number of hydrogen-bond donors (Lipinski definition) is 1. The van der Waals surface area contributed by atoms with Crippen LogP contribution in [0.2, 0.25) is 10.0 Å². The lowest BCUT2D eigenvalue weighted by Gasteiger charge is -2.10. The van der Waals surface area contributed by atoms with Crippen molar-refractivity contribution in [3.05, 3.63) is 63.1 Å². The SMILES string of the molecule is Clc1ccc(CNCc2cc(Cl)cc3c2OCC3)cc1. The van der Waals surface area contributed by atoms with Crippen LogP contribution in [0.4, 0.5) is 0 Å². The molecule has 0 fully saturated rings. The summed E-state index contributed by atoms with van der Waals surface area (Å²) < 4.78 is 5.69. The fourth-order valence-corrected chi connectivity index (χ4v) is 2.81. The summed E-state index contributed by atoms with van der Waals surface area (Å²) in [4.78, 5) is 0. The first-order valence-electron chi connectivity index (χ1n) is 6.61. The summed E-state index contributed by atoms with van der Waals surface area (Å²) >= 11 is 12.0. The number of ether oxygens (including phenoxy) is 1. The summed E-state index contributed by atoms with van der Waals surface area (Å²) in [6, 6.07) is 11.8. The normalized spacial score (nSPS) is 13.1. The van der Waals surface area contributed by atoms with Crippen molar-refractivity contribution in [3.8, 4) is 5.75 Å². The van der Waals surface area contributed by atoms with Gasteiger partial charge in [-0.05, 0) is 35.4 Å². The second-order valence-electron chi connectivity index (χ2n) is 4.88. The van der Waals surface area contributed by atoms with Crippen molar-refractivity contribution in [2.45, 2.75) is 19.5 Å². The number of rotatable bonds is 4. The second kappa shape index (κ2) is 6.04. The molecule has 2 aromatic rings. The lowest BCUT2D eigenvalue weighted by Crippen LogP contribution is -2.13. The van der Waals surface area contributed by atoms with Crippen molar-refractivity contribution >= 4 is 23.2 Å². The quantitative estimate of drug-likeness (QED) is 0.913. The standard InChI is InChI=1S/C16H15Cl2NO/c17-14-3-1-11(2-4-14)9-19-10-13-8-15(18)7-12-5-6-20-16(12)13/h1-4,7-8,19H,5-6,9-10H2. The molecule has 0 aliphatic carbocycles. The van der Waals surface area contributed by atoms with E-state index in [0.29, 0.717) is 0 Å². The van der Waals surface area contributed by atoms with Gasteiger partial charge in [-0.25, -0.2) is 0 Å². The molecule has 0 amide bonds. The Morgan fingerprint density at radius 1 is 1.00 bits per heavy atom. The Balaban J connectivity index is 1.65. The number of benzene rings is 2. The predicted molar refractivity (Wildman–Crippen MR) is 82.6 cm³/mol. The first-order valence-corrected chi connectivity index (χ1v) is 7.37. The molecule has 3 rings (SSSR count). The van der Waals surface area contributed by atoms with E-state index in [1.165, 1.54) is 11.1 Å². The smallest absolute Gasteiger partial charge is 0.127 e. The molecule has 20 heavy (non-hydrogen) atoms. The first kappa shape index (κ1) is 13.7. The zero-order valence-corrected chi connectivity index (χ0v) is 12.5. The van der Waals surface area contributed by atoms with E-state index in [0.717, 1.165) is 47.5 Å². The molecule has 0 radical (unpaired) electrons. The highest BCUT2D eigenvalue weighted by atomic mass is 35.5. The average Bonchev–Trinajstić information content (AvgIpc) is 2.89. The number of fused-ring (bicyclic) bond motifs is 1. The van der Waals surface area contributed by atoms with Gasteiger partial charge in [-0.3, -0.25) is 0 Å². The van der Waals surface area contributed by atoms with Crippen LogP contribution in [0.1, 0.15) is 16.7 Å². The Morgan fingerprint density at radius 2 is 1.80 bits per heavy atom. The van der Waals surface area contributed by atoms with Crippen LogP contribution < -0.4 is 10.1 Å². The summed E-state index contributed by atoms with van der Waals surface area (Å²) in [6.45, 7) is 2.28. The molecule has 4 heteroatoms. The summed E-state index contributed by atoms with van der Waals surface area (Å²) in [5, 5.41) is 4.95. The first-order chi connectivity index (χ1) is 9.72. The maximum absolute atomic E-state index is 6.14. The second-order valence-corrected chi connectivity index (χ2v) is 5.75. The van der Waals surface area contributed by atoms with Crippen molar-refractivity contribution in [2.75, 3.05) is 6.61 Å². The molecule has 0 aromatic heterocycles. The Bertz CT molecular complexity index is 611. The summed E-state index contributed by atoms with van der Waals surface area (Å²) in [6.07, 6.45) is 0.945. The third-order valence-electron chi connectivity index (χ3n) is 3.38. The molecule has 0 bridgehead atoms.